The van der Waals surface area contributed by atoms with Crippen molar-refractivity contribution in [3.8, 4) is 0 Å². The van der Waals surface area contributed by atoms with Crippen LogP contribution in [0.5, 0.6) is 0 Å². The molecule has 0 saturated heterocycles. The number of aliphatic hydroxyl groups excluding tert-OH is 2. The first kappa shape index (κ1) is 54.3. The number of ether oxygens (including phenoxy) is 2. The van der Waals surface area contributed by atoms with Gasteiger partial charge < -0.3 is 34.4 Å². The molecule has 0 radical (unpaired) electrons. The second-order valence-electron chi connectivity index (χ2n) is 14.6. The monoisotopic (exact) mass is 840 g/mol. The highest BCUT2D eigenvalue weighted by Gasteiger charge is 2.28. The summed E-state index contributed by atoms with van der Waals surface area (Å²) in [6.45, 7) is 3.77. The minimum absolute atomic E-state index is 0.0282. The molecule has 0 fully saturated rings. The van der Waals surface area contributed by atoms with Crippen molar-refractivity contribution in [2.24, 2.45) is 5.92 Å². The molecule has 328 valence electrons. The van der Waals surface area contributed by atoms with Crippen LogP contribution in [0.25, 0.3) is 0 Å². The zero-order valence-electron chi connectivity index (χ0n) is 34.3. The highest BCUT2D eigenvalue weighted by molar-refractivity contribution is 7.47. The summed E-state index contributed by atoms with van der Waals surface area (Å²) in [7, 11) is -9.72. The van der Waals surface area contributed by atoms with Gasteiger partial charge in [0.2, 0.25) is 0 Å². The van der Waals surface area contributed by atoms with Crippen LogP contribution in [0.2, 0.25) is 0 Å². The van der Waals surface area contributed by atoms with Crippen molar-refractivity contribution in [1.82, 2.24) is 0 Å². The number of hydrogen-bond acceptors (Lipinski definition) is 11. The van der Waals surface area contributed by atoms with Crippen LogP contribution < -0.4 is 0 Å². The second-order valence-corrected chi connectivity index (χ2v) is 17.3. The Labute approximate surface area is 336 Å². The Morgan fingerprint density at radius 2 is 1.21 bits per heavy atom. The third kappa shape index (κ3) is 39.1. The van der Waals surface area contributed by atoms with Crippen molar-refractivity contribution < 1.29 is 66.7 Å². The predicted molar refractivity (Wildman–Crippen MR) is 217 cm³/mol. The van der Waals surface area contributed by atoms with Gasteiger partial charge in [0.15, 0.2) is 6.10 Å². The van der Waals surface area contributed by atoms with Crippen molar-refractivity contribution >= 4 is 27.6 Å². The van der Waals surface area contributed by atoms with Crippen molar-refractivity contribution in [2.75, 3.05) is 26.4 Å². The van der Waals surface area contributed by atoms with E-state index in [-0.39, 0.29) is 12.8 Å². The number of carbonyl (C=O) groups excluding carboxylic acids is 2. The Balaban J connectivity index is 4.71. The number of rotatable bonds is 38. The van der Waals surface area contributed by atoms with E-state index < -0.39 is 72.3 Å². The number of phosphoric acid groups is 2. The molecule has 0 spiro atoms. The third-order valence-corrected chi connectivity index (χ3v) is 9.99. The Morgan fingerprint density at radius 1 is 0.625 bits per heavy atom. The van der Waals surface area contributed by atoms with Gasteiger partial charge in [0.25, 0.3) is 0 Å². The molecular formula is C40H74O14P2. The van der Waals surface area contributed by atoms with Gasteiger partial charge in [-0.3, -0.25) is 23.2 Å². The number of aliphatic hydroxyl groups is 2. The van der Waals surface area contributed by atoms with E-state index in [9.17, 15) is 33.8 Å². The Morgan fingerprint density at radius 3 is 1.88 bits per heavy atom. The summed E-state index contributed by atoms with van der Waals surface area (Å²) < 4.78 is 47.5. The Kier molecular flexibility index (Phi) is 34.2. The lowest BCUT2D eigenvalue weighted by molar-refractivity contribution is -0.161. The zero-order valence-corrected chi connectivity index (χ0v) is 36.0. The van der Waals surface area contributed by atoms with E-state index in [1.165, 1.54) is 64.2 Å². The molecule has 0 aliphatic rings. The largest absolute Gasteiger partial charge is 0.472 e. The first-order valence-electron chi connectivity index (χ1n) is 20.6. The second kappa shape index (κ2) is 35.3. The molecule has 0 bridgehead atoms. The fraction of sp³-hybridized carbons (Fsp3) is 0.800. The van der Waals surface area contributed by atoms with Crippen LogP contribution in [-0.2, 0) is 41.8 Å². The van der Waals surface area contributed by atoms with Gasteiger partial charge in [0.1, 0.15) is 12.7 Å². The van der Waals surface area contributed by atoms with Crippen LogP contribution in [0.4, 0.5) is 0 Å². The van der Waals surface area contributed by atoms with Crippen LogP contribution in [0.3, 0.4) is 0 Å². The molecule has 0 aromatic heterocycles. The standard InChI is InChI=1S/C40H74O14P2/c1-4-5-6-7-8-9-10-11-12-13-17-20-23-27-36(41)28-25-30-39(43)50-33-38(34-53-56(48,49)52-32-37(42)31-51-55(45,46)47)54-40(44)29-24-21-18-15-14-16-19-22-26-35(2)3/h11-12,17,20,23,27,35-38,41-42H,4-10,13-16,18-19,21-22,24-26,28-34H2,1-3H3,(H,48,49)(H2,45,46,47)/b12-11+,20-17+,27-23+/t36?,37-,38+/m0/s1. The third-order valence-electron chi connectivity index (χ3n) is 8.55. The minimum atomic E-state index is -4.88. The van der Waals surface area contributed by atoms with E-state index in [2.05, 4.69) is 42.0 Å². The van der Waals surface area contributed by atoms with Gasteiger partial charge in [-0.05, 0) is 44.4 Å². The van der Waals surface area contributed by atoms with Crippen LogP contribution in [0.15, 0.2) is 36.5 Å². The van der Waals surface area contributed by atoms with E-state index in [1.54, 1.807) is 12.2 Å². The molecule has 0 aliphatic heterocycles. The summed E-state index contributed by atoms with van der Waals surface area (Å²) in [5.74, 6) is -0.507. The van der Waals surface area contributed by atoms with Gasteiger partial charge in [-0.1, -0.05) is 141 Å². The summed E-state index contributed by atoms with van der Waals surface area (Å²) >= 11 is 0. The maximum Gasteiger partial charge on any atom is 0.472 e. The average Bonchev–Trinajstić information content (AvgIpc) is 3.13. The van der Waals surface area contributed by atoms with E-state index in [0.29, 0.717) is 19.3 Å². The molecule has 0 saturated carbocycles. The van der Waals surface area contributed by atoms with Crippen molar-refractivity contribution in [3.63, 3.8) is 0 Å². The Bertz CT molecular complexity index is 1170. The number of phosphoric ester groups is 2. The normalized spacial score (nSPS) is 15.2. The highest BCUT2D eigenvalue weighted by atomic mass is 31.2. The van der Waals surface area contributed by atoms with Gasteiger partial charge in [-0.2, -0.15) is 0 Å². The molecule has 4 atom stereocenters. The molecule has 0 rings (SSSR count). The number of allylic oxidation sites excluding steroid dienone is 5. The van der Waals surface area contributed by atoms with E-state index >= 15 is 0 Å². The van der Waals surface area contributed by atoms with Crippen molar-refractivity contribution in [3.05, 3.63) is 36.5 Å². The van der Waals surface area contributed by atoms with E-state index in [4.69, 9.17) is 23.8 Å². The molecule has 16 heteroatoms. The van der Waals surface area contributed by atoms with Gasteiger partial charge in [-0.25, -0.2) is 9.13 Å². The molecular weight excluding hydrogens is 766 g/mol. The predicted octanol–water partition coefficient (Wildman–Crippen LogP) is 8.94. The fourth-order valence-electron chi connectivity index (χ4n) is 5.36. The summed E-state index contributed by atoms with van der Waals surface area (Å²) in [6.07, 6.45) is 27.7. The first-order chi connectivity index (χ1) is 26.6. The number of carbonyl (C=O) groups is 2. The molecule has 0 aromatic carbocycles. The van der Waals surface area contributed by atoms with Crippen molar-refractivity contribution in [1.29, 1.82) is 0 Å². The molecule has 0 aliphatic carbocycles. The minimum Gasteiger partial charge on any atom is -0.462 e. The van der Waals surface area contributed by atoms with E-state index in [1.807, 2.05) is 12.2 Å². The van der Waals surface area contributed by atoms with E-state index in [0.717, 1.165) is 44.4 Å². The fourth-order valence-corrected chi connectivity index (χ4v) is 6.52. The number of unbranched alkanes of at least 4 members (excludes halogenated alkanes) is 13. The molecule has 5 N–H and O–H groups in total. The van der Waals surface area contributed by atoms with Crippen LogP contribution in [-0.4, -0.2) is 81.6 Å². The Hall–Kier alpha value is -1.70. The zero-order chi connectivity index (χ0) is 41.9. The quantitative estimate of drug-likeness (QED) is 0.0129. The van der Waals surface area contributed by atoms with Gasteiger partial charge in [-0.15, -0.1) is 0 Å². The topological polar surface area (TPSA) is 216 Å². The lowest BCUT2D eigenvalue weighted by Gasteiger charge is -2.20. The van der Waals surface area contributed by atoms with Crippen molar-refractivity contribution in [2.45, 2.75) is 174 Å². The van der Waals surface area contributed by atoms with Gasteiger partial charge in [0, 0.05) is 12.8 Å². The smallest absolute Gasteiger partial charge is 0.462 e. The average molecular weight is 841 g/mol. The maximum atomic E-state index is 12.6. The molecule has 0 aromatic rings. The first-order valence-corrected chi connectivity index (χ1v) is 23.7. The molecule has 0 heterocycles. The van der Waals surface area contributed by atoms with Crippen LogP contribution in [0, 0.1) is 5.92 Å². The SMILES string of the molecule is CCCCCCCC/C=C/C/C=C/C=C/C(O)CCCC(=O)OC[C@H](COP(=O)(O)OC[C@@H](O)COP(=O)(O)O)OC(=O)CCCCCCCCCCC(C)C. The molecule has 0 amide bonds. The summed E-state index contributed by atoms with van der Waals surface area (Å²) in [5.41, 5.74) is 0. The maximum absolute atomic E-state index is 12.6. The van der Waals surface area contributed by atoms with Crippen LogP contribution >= 0.6 is 15.6 Å². The highest BCUT2D eigenvalue weighted by Crippen LogP contribution is 2.43. The molecule has 2 unspecified atom stereocenters. The molecule has 14 nitrogen and oxygen atoms in total. The van der Waals surface area contributed by atoms with Gasteiger partial charge >= 0.3 is 27.6 Å². The van der Waals surface area contributed by atoms with Gasteiger partial charge in [0.05, 0.1) is 25.9 Å². The summed E-state index contributed by atoms with van der Waals surface area (Å²) in [4.78, 5) is 52.5. The van der Waals surface area contributed by atoms with Crippen LogP contribution in [0.1, 0.15) is 156 Å². The lowest BCUT2D eigenvalue weighted by Crippen LogP contribution is -2.30. The summed E-state index contributed by atoms with van der Waals surface area (Å²) in [6, 6.07) is 0. The lowest BCUT2D eigenvalue weighted by atomic mass is 10.0. The number of esters is 2. The number of hydrogen-bond donors (Lipinski definition) is 5. The summed E-state index contributed by atoms with van der Waals surface area (Å²) in [5, 5.41) is 20.0. The molecule has 56 heavy (non-hydrogen) atoms.